The average molecular weight is 146 g/mol. The van der Waals surface area contributed by atoms with Gasteiger partial charge in [-0.2, -0.15) is 0 Å². The lowest BCUT2D eigenvalue weighted by Crippen LogP contribution is -2.35. The van der Waals surface area contributed by atoms with Crippen LogP contribution in [0.25, 0.3) is 0 Å². The van der Waals surface area contributed by atoms with E-state index >= 15 is 0 Å². The Morgan fingerprint density at radius 1 is 1.78 bits per heavy atom. The Morgan fingerprint density at radius 2 is 2.56 bits per heavy atom. The van der Waals surface area contributed by atoms with E-state index in [-0.39, 0.29) is 0 Å². The van der Waals surface area contributed by atoms with E-state index in [4.69, 9.17) is 17.0 Å². The smallest absolute Gasteiger partial charge is 0.170 e. The van der Waals surface area contributed by atoms with Crippen LogP contribution < -0.4 is 5.32 Å². The molecule has 3 nitrogen and oxygen atoms in total. The molecule has 0 unspecified atom stereocenters. The van der Waals surface area contributed by atoms with Gasteiger partial charge in [0.1, 0.15) is 6.73 Å². The molecule has 9 heavy (non-hydrogen) atoms. The van der Waals surface area contributed by atoms with Crippen molar-refractivity contribution in [2.75, 3.05) is 26.9 Å². The van der Waals surface area contributed by atoms with Gasteiger partial charge in [-0.1, -0.05) is 0 Å². The number of rotatable bonds is 0. The van der Waals surface area contributed by atoms with Crippen LogP contribution in [0.4, 0.5) is 0 Å². The Kier molecular flexibility index (Phi) is 2.24. The minimum absolute atomic E-state index is 0.639. The molecule has 1 aliphatic heterocycles. The largest absolute Gasteiger partial charge is 0.366 e. The van der Waals surface area contributed by atoms with Crippen molar-refractivity contribution in [3.63, 3.8) is 0 Å². The first-order chi connectivity index (χ1) is 4.34. The normalized spacial score (nSPS) is 18.1. The number of nitrogens with zero attached hydrogens (tertiary/aromatic N) is 1. The van der Waals surface area contributed by atoms with E-state index < -0.39 is 0 Å². The first-order valence-corrected chi connectivity index (χ1v) is 3.30. The fourth-order valence-corrected chi connectivity index (χ4v) is 0.876. The second kappa shape index (κ2) is 2.98. The Hall–Kier alpha value is -0.350. The highest BCUT2D eigenvalue weighted by atomic mass is 32.1. The Bertz CT molecular complexity index is 112. The zero-order chi connectivity index (χ0) is 6.69. The molecule has 0 aliphatic carbocycles. The third-order valence-corrected chi connectivity index (χ3v) is 1.72. The van der Waals surface area contributed by atoms with Gasteiger partial charge in [0.05, 0.1) is 6.61 Å². The Morgan fingerprint density at radius 3 is 3.00 bits per heavy atom. The highest BCUT2D eigenvalue weighted by Crippen LogP contribution is 1.97. The standard InChI is InChI=1S/C5H10N2OS/c1-6-5(9)7-2-3-8-4-7/h2-4H2,1H3,(H,6,9). The Labute approximate surface area is 60.0 Å². The molecule has 52 valence electrons. The van der Waals surface area contributed by atoms with Gasteiger partial charge in [0.25, 0.3) is 0 Å². The van der Waals surface area contributed by atoms with E-state index in [0.29, 0.717) is 6.73 Å². The third kappa shape index (κ3) is 1.53. The van der Waals surface area contributed by atoms with Gasteiger partial charge in [-0.05, 0) is 12.2 Å². The molecule has 1 aliphatic rings. The molecule has 1 fully saturated rings. The van der Waals surface area contributed by atoms with E-state index in [9.17, 15) is 0 Å². The van der Waals surface area contributed by atoms with Crippen LogP contribution in [0, 0.1) is 0 Å². The second-order valence-corrected chi connectivity index (χ2v) is 2.24. The summed E-state index contributed by atoms with van der Waals surface area (Å²) in [5.74, 6) is 0. The summed E-state index contributed by atoms with van der Waals surface area (Å²) >= 11 is 4.95. The first kappa shape index (κ1) is 6.77. The van der Waals surface area contributed by atoms with Crippen molar-refractivity contribution >= 4 is 17.3 Å². The van der Waals surface area contributed by atoms with Crippen molar-refractivity contribution in [3.8, 4) is 0 Å². The minimum atomic E-state index is 0.639. The molecule has 1 saturated heterocycles. The van der Waals surface area contributed by atoms with Gasteiger partial charge in [-0.25, -0.2) is 0 Å². The maximum absolute atomic E-state index is 5.08. The molecule has 1 N–H and O–H groups in total. The zero-order valence-corrected chi connectivity index (χ0v) is 6.20. The fourth-order valence-electron chi connectivity index (χ4n) is 0.732. The van der Waals surface area contributed by atoms with Gasteiger partial charge in [0.2, 0.25) is 0 Å². The van der Waals surface area contributed by atoms with Crippen LogP contribution >= 0.6 is 12.2 Å². The minimum Gasteiger partial charge on any atom is -0.366 e. The van der Waals surface area contributed by atoms with Crippen LogP contribution in [0.3, 0.4) is 0 Å². The molecule has 0 bridgehead atoms. The molecule has 0 saturated carbocycles. The van der Waals surface area contributed by atoms with E-state index in [1.807, 2.05) is 11.9 Å². The average Bonchev–Trinajstić information content (AvgIpc) is 2.37. The molecule has 0 aromatic carbocycles. The molecule has 1 heterocycles. The number of thiocarbonyl (C=S) groups is 1. The Balaban J connectivity index is 2.32. The van der Waals surface area contributed by atoms with Crippen molar-refractivity contribution < 1.29 is 4.74 Å². The van der Waals surface area contributed by atoms with E-state index in [1.165, 1.54) is 0 Å². The lowest BCUT2D eigenvalue weighted by atomic mass is 10.6. The predicted molar refractivity (Wildman–Crippen MR) is 39.2 cm³/mol. The number of nitrogens with one attached hydrogen (secondary N) is 1. The summed E-state index contributed by atoms with van der Waals surface area (Å²) in [5, 5.41) is 3.66. The van der Waals surface area contributed by atoms with Crippen LogP contribution in [-0.4, -0.2) is 36.9 Å². The monoisotopic (exact) mass is 146 g/mol. The van der Waals surface area contributed by atoms with Crippen LogP contribution in [0.15, 0.2) is 0 Å². The quantitative estimate of drug-likeness (QED) is 0.478. The molecule has 0 aromatic heterocycles. The molecular weight excluding hydrogens is 136 g/mol. The summed E-state index contributed by atoms with van der Waals surface area (Å²) < 4.78 is 5.08. The van der Waals surface area contributed by atoms with Crippen LogP contribution in [0.5, 0.6) is 0 Å². The predicted octanol–water partition coefficient (Wildman–Crippen LogP) is -0.220. The molecule has 0 amide bonds. The highest BCUT2D eigenvalue weighted by Gasteiger charge is 2.12. The topological polar surface area (TPSA) is 24.5 Å². The van der Waals surface area contributed by atoms with Crippen molar-refractivity contribution in [1.82, 2.24) is 10.2 Å². The maximum atomic E-state index is 5.08. The van der Waals surface area contributed by atoms with Gasteiger partial charge in [-0.15, -0.1) is 0 Å². The number of hydrogen-bond acceptors (Lipinski definition) is 2. The second-order valence-electron chi connectivity index (χ2n) is 1.86. The van der Waals surface area contributed by atoms with Gasteiger partial charge >= 0.3 is 0 Å². The summed E-state index contributed by atoms with van der Waals surface area (Å²) in [6, 6.07) is 0. The summed E-state index contributed by atoms with van der Waals surface area (Å²) in [5.41, 5.74) is 0. The zero-order valence-electron chi connectivity index (χ0n) is 5.39. The van der Waals surface area contributed by atoms with Crippen molar-refractivity contribution in [1.29, 1.82) is 0 Å². The van der Waals surface area contributed by atoms with Crippen molar-refractivity contribution in [2.24, 2.45) is 0 Å². The summed E-state index contributed by atoms with van der Waals surface area (Å²) in [7, 11) is 1.82. The van der Waals surface area contributed by atoms with E-state index in [0.717, 1.165) is 18.3 Å². The van der Waals surface area contributed by atoms with Crippen LogP contribution in [0.1, 0.15) is 0 Å². The molecule has 4 heteroatoms. The number of ether oxygens (including phenoxy) is 1. The summed E-state index contributed by atoms with van der Waals surface area (Å²) in [6.45, 7) is 2.35. The highest BCUT2D eigenvalue weighted by molar-refractivity contribution is 7.80. The summed E-state index contributed by atoms with van der Waals surface area (Å²) in [4.78, 5) is 1.98. The summed E-state index contributed by atoms with van der Waals surface area (Å²) in [6.07, 6.45) is 0. The fraction of sp³-hybridized carbons (Fsp3) is 0.800. The number of hydrogen-bond donors (Lipinski definition) is 1. The van der Waals surface area contributed by atoms with Crippen molar-refractivity contribution in [3.05, 3.63) is 0 Å². The first-order valence-electron chi connectivity index (χ1n) is 2.89. The van der Waals surface area contributed by atoms with Gasteiger partial charge in [0, 0.05) is 13.6 Å². The molecule has 1 rings (SSSR count). The van der Waals surface area contributed by atoms with E-state index in [1.54, 1.807) is 0 Å². The SMILES string of the molecule is CNC(=S)N1CCOC1. The molecule has 0 atom stereocenters. The van der Waals surface area contributed by atoms with Crippen LogP contribution in [-0.2, 0) is 4.74 Å². The third-order valence-electron chi connectivity index (χ3n) is 1.25. The van der Waals surface area contributed by atoms with E-state index in [2.05, 4.69) is 5.32 Å². The molecular formula is C5H10N2OS. The van der Waals surface area contributed by atoms with Gasteiger partial charge in [0.15, 0.2) is 5.11 Å². The van der Waals surface area contributed by atoms with Crippen LogP contribution in [0.2, 0.25) is 0 Å². The lowest BCUT2D eigenvalue weighted by molar-refractivity contribution is 0.168. The molecule has 0 spiro atoms. The van der Waals surface area contributed by atoms with Gasteiger partial charge < -0.3 is 15.0 Å². The maximum Gasteiger partial charge on any atom is 0.170 e. The van der Waals surface area contributed by atoms with Crippen molar-refractivity contribution in [2.45, 2.75) is 0 Å². The van der Waals surface area contributed by atoms with Gasteiger partial charge in [-0.3, -0.25) is 0 Å². The molecule has 0 aromatic rings. The molecule has 0 radical (unpaired) electrons. The lowest BCUT2D eigenvalue weighted by Gasteiger charge is -2.14.